The van der Waals surface area contributed by atoms with E-state index < -0.39 is 11.8 Å². The first-order chi connectivity index (χ1) is 15.5. The fourth-order valence-electron chi connectivity index (χ4n) is 3.46. The first kappa shape index (κ1) is 23.2. The van der Waals surface area contributed by atoms with E-state index in [9.17, 15) is 14.4 Å². The van der Waals surface area contributed by atoms with Gasteiger partial charge in [0, 0.05) is 32.7 Å². The van der Waals surface area contributed by atoms with Crippen molar-refractivity contribution in [3.63, 3.8) is 0 Å². The van der Waals surface area contributed by atoms with Crippen LogP contribution >= 0.6 is 0 Å². The Labute approximate surface area is 187 Å². The minimum absolute atomic E-state index is 0.215. The van der Waals surface area contributed by atoms with Crippen LogP contribution in [0.4, 0.5) is 0 Å². The third-order valence-corrected chi connectivity index (χ3v) is 5.09. The summed E-state index contributed by atoms with van der Waals surface area (Å²) in [6.07, 6.45) is 2.00. The number of piperazine rings is 1. The standard InChI is InChI=1S/C23H29N3O6/c1-3-30-18-8-7-17(16-20(18)31-4-2)9-10-24-21(27)23(29)26-13-11-25(12-14-26)22(28)19-6-5-15-32-19/h5-8,15-16H,3-4,9-14H2,1-2H3,(H,24,27). The average Bonchev–Trinajstić information content (AvgIpc) is 3.35. The summed E-state index contributed by atoms with van der Waals surface area (Å²) in [7, 11) is 0. The molecule has 1 aromatic carbocycles. The first-order valence-electron chi connectivity index (χ1n) is 10.8. The zero-order valence-corrected chi connectivity index (χ0v) is 18.5. The lowest BCUT2D eigenvalue weighted by molar-refractivity contribution is -0.146. The number of carbonyl (C=O) groups excluding carboxylic acids is 3. The number of hydrogen-bond donors (Lipinski definition) is 1. The van der Waals surface area contributed by atoms with Crippen molar-refractivity contribution in [3.05, 3.63) is 47.9 Å². The van der Waals surface area contributed by atoms with Crippen LogP contribution < -0.4 is 14.8 Å². The van der Waals surface area contributed by atoms with Gasteiger partial charge in [-0.05, 0) is 50.1 Å². The van der Waals surface area contributed by atoms with E-state index in [2.05, 4.69) is 5.32 Å². The fourth-order valence-corrected chi connectivity index (χ4v) is 3.46. The Kier molecular flexibility index (Phi) is 8.13. The van der Waals surface area contributed by atoms with Crippen LogP contribution in [0.15, 0.2) is 41.0 Å². The van der Waals surface area contributed by atoms with Gasteiger partial charge in [-0.2, -0.15) is 0 Å². The van der Waals surface area contributed by atoms with Gasteiger partial charge in [0.15, 0.2) is 17.3 Å². The van der Waals surface area contributed by atoms with Gasteiger partial charge in [0.2, 0.25) is 0 Å². The molecule has 0 bridgehead atoms. The van der Waals surface area contributed by atoms with Crippen LogP contribution in [0.5, 0.6) is 11.5 Å². The van der Waals surface area contributed by atoms with Crippen LogP contribution in [0.25, 0.3) is 0 Å². The highest BCUT2D eigenvalue weighted by atomic mass is 16.5. The monoisotopic (exact) mass is 443 g/mol. The van der Waals surface area contributed by atoms with E-state index in [1.165, 1.54) is 11.2 Å². The van der Waals surface area contributed by atoms with E-state index in [4.69, 9.17) is 13.9 Å². The predicted molar refractivity (Wildman–Crippen MR) is 117 cm³/mol. The lowest BCUT2D eigenvalue weighted by atomic mass is 10.1. The maximum absolute atomic E-state index is 12.5. The molecule has 9 heteroatoms. The van der Waals surface area contributed by atoms with Crippen molar-refractivity contribution in [2.45, 2.75) is 20.3 Å². The molecule has 1 saturated heterocycles. The van der Waals surface area contributed by atoms with E-state index in [0.29, 0.717) is 63.9 Å². The van der Waals surface area contributed by atoms with E-state index in [1.54, 1.807) is 17.0 Å². The van der Waals surface area contributed by atoms with Gasteiger partial charge in [-0.3, -0.25) is 14.4 Å². The summed E-state index contributed by atoms with van der Waals surface area (Å²) in [6.45, 7) is 6.51. The summed E-state index contributed by atoms with van der Waals surface area (Å²) in [5.41, 5.74) is 0.967. The Morgan fingerprint density at radius 3 is 2.31 bits per heavy atom. The molecule has 3 rings (SSSR count). The quantitative estimate of drug-likeness (QED) is 0.624. The number of nitrogens with one attached hydrogen (secondary N) is 1. The number of nitrogens with zero attached hydrogens (tertiary/aromatic N) is 2. The summed E-state index contributed by atoms with van der Waals surface area (Å²) in [4.78, 5) is 40.1. The topological polar surface area (TPSA) is 101 Å². The zero-order chi connectivity index (χ0) is 22.9. The maximum atomic E-state index is 12.5. The van der Waals surface area contributed by atoms with Gasteiger partial charge >= 0.3 is 11.8 Å². The van der Waals surface area contributed by atoms with Gasteiger partial charge in [0.1, 0.15) is 0 Å². The Hall–Kier alpha value is -3.49. The van der Waals surface area contributed by atoms with Crippen LogP contribution in [-0.4, -0.2) is 73.5 Å². The molecule has 0 spiro atoms. The van der Waals surface area contributed by atoms with Crippen LogP contribution in [0.3, 0.4) is 0 Å². The van der Waals surface area contributed by atoms with Gasteiger partial charge < -0.3 is 29.0 Å². The average molecular weight is 444 g/mol. The minimum Gasteiger partial charge on any atom is -0.490 e. The number of rotatable bonds is 8. The molecule has 1 aromatic heterocycles. The Morgan fingerprint density at radius 1 is 0.969 bits per heavy atom. The highest BCUT2D eigenvalue weighted by Gasteiger charge is 2.28. The van der Waals surface area contributed by atoms with E-state index >= 15 is 0 Å². The Morgan fingerprint density at radius 2 is 1.66 bits per heavy atom. The summed E-state index contributed by atoms with van der Waals surface area (Å²) < 4.78 is 16.3. The molecule has 2 heterocycles. The van der Waals surface area contributed by atoms with Crippen molar-refractivity contribution in [2.24, 2.45) is 0 Å². The summed E-state index contributed by atoms with van der Waals surface area (Å²) in [5.74, 6) is 0.166. The van der Waals surface area contributed by atoms with Gasteiger partial charge in [-0.25, -0.2) is 0 Å². The van der Waals surface area contributed by atoms with E-state index in [1.807, 2.05) is 32.0 Å². The molecule has 1 fully saturated rings. The van der Waals surface area contributed by atoms with Crippen LogP contribution in [0.2, 0.25) is 0 Å². The van der Waals surface area contributed by atoms with Crippen molar-refractivity contribution < 1.29 is 28.3 Å². The molecule has 1 N–H and O–H groups in total. The lowest BCUT2D eigenvalue weighted by Crippen LogP contribution is -2.53. The van der Waals surface area contributed by atoms with Crippen LogP contribution in [0, 0.1) is 0 Å². The fraction of sp³-hybridized carbons (Fsp3) is 0.435. The van der Waals surface area contributed by atoms with Crippen molar-refractivity contribution >= 4 is 17.7 Å². The van der Waals surface area contributed by atoms with Crippen molar-refractivity contribution in [2.75, 3.05) is 45.9 Å². The lowest BCUT2D eigenvalue weighted by Gasteiger charge is -2.33. The van der Waals surface area contributed by atoms with Gasteiger partial charge in [-0.15, -0.1) is 0 Å². The van der Waals surface area contributed by atoms with Gasteiger partial charge in [0.05, 0.1) is 19.5 Å². The third-order valence-electron chi connectivity index (χ3n) is 5.09. The van der Waals surface area contributed by atoms with Gasteiger partial charge in [-0.1, -0.05) is 6.07 Å². The largest absolute Gasteiger partial charge is 0.490 e. The second-order valence-electron chi connectivity index (χ2n) is 7.21. The molecule has 1 aliphatic heterocycles. The molecule has 2 aromatic rings. The Bertz CT molecular complexity index is 920. The molecule has 9 nitrogen and oxygen atoms in total. The van der Waals surface area contributed by atoms with E-state index in [0.717, 1.165) is 5.56 Å². The number of benzene rings is 1. The third kappa shape index (κ3) is 5.81. The molecule has 0 saturated carbocycles. The number of hydrogen-bond acceptors (Lipinski definition) is 6. The highest BCUT2D eigenvalue weighted by molar-refractivity contribution is 6.35. The predicted octanol–water partition coefficient (Wildman–Crippen LogP) is 1.72. The number of carbonyl (C=O) groups is 3. The molecule has 0 unspecified atom stereocenters. The SMILES string of the molecule is CCOc1ccc(CCNC(=O)C(=O)N2CCN(C(=O)c3ccco3)CC2)cc1OCC. The molecule has 32 heavy (non-hydrogen) atoms. The number of ether oxygens (including phenoxy) is 2. The molecular weight excluding hydrogens is 414 g/mol. The molecular formula is C23H29N3O6. The molecule has 3 amide bonds. The van der Waals surface area contributed by atoms with Crippen LogP contribution in [0.1, 0.15) is 30.0 Å². The second kappa shape index (κ2) is 11.2. The molecule has 172 valence electrons. The van der Waals surface area contributed by atoms with Crippen molar-refractivity contribution in [1.29, 1.82) is 0 Å². The maximum Gasteiger partial charge on any atom is 0.312 e. The normalized spacial score (nSPS) is 13.6. The van der Waals surface area contributed by atoms with Crippen LogP contribution in [-0.2, 0) is 16.0 Å². The molecule has 0 atom stereocenters. The van der Waals surface area contributed by atoms with Crippen molar-refractivity contribution in [3.8, 4) is 11.5 Å². The summed E-state index contributed by atoms with van der Waals surface area (Å²) >= 11 is 0. The highest BCUT2D eigenvalue weighted by Crippen LogP contribution is 2.28. The number of amides is 3. The Balaban J connectivity index is 1.45. The molecule has 1 aliphatic rings. The minimum atomic E-state index is -0.647. The summed E-state index contributed by atoms with van der Waals surface area (Å²) in [6, 6.07) is 8.91. The number of furan rings is 1. The summed E-state index contributed by atoms with van der Waals surface area (Å²) in [5, 5.41) is 2.68. The molecule has 0 aliphatic carbocycles. The van der Waals surface area contributed by atoms with Crippen molar-refractivity contribution in [1.82, 2.24) is 15.1 Å². The smallest absolute Gasteiger partial charge is 0.312 e. The first-order valence-corrected chi connectivity index (χ1v) is 10.8. The zero-order valence-electron chi connectivity index (χ0n) is 18.5. The van der Waals surface area contributed by atoms with E-state index in [-0.39, 0.29) is 11.7 Å². The molecule has 0 radical (unpaired) electrons. The second-order valence-corrected chi connectivity index (χ2v) is 7.21. The van der Waals surface area contributed by atoms with Gasteiger partial charge in [0.25, 0.3) is 5.91 Å².